The van der Waals surface area contributed by atoms with Crippen molar-refractivity contribution >= 4 is 17.5 Å². The highest BCUT2D eigenvalue weighted by Gasteiger charge is 2.12. The molecule has 0 bridgehead atoms. The molecule has 122 valence electrons. The van der Waals surface area contributed by atoms with Crippen molar-refractivity contribution in [1.82, 2.24) is 9.55 Å². The summed E-state index contributed by atoms with van der Waals surface area (Å²) in [5, 5.41) is 2.81. The molecule has 2 aromatic rings. The molecule has 0 saturated heterocycles. The molecule has 0 aliphatic heterocycles. The predicted octanol–water partition coefficient (Wildman–Crippen LogP) is 1.23. The molecule has 0 radical (unpaired) electrons. The molecule has 1 aromatic heterocycles. The normalized spacial score (nSPS) is 10.6. The van der Waals surface area contributed by atoms with Crippen molar-refractivity contribution in [1.29, 1.82) is 0 Å². The number of amides is 1. The van der Waals surface area contributed by atoms with Gasteiger partial charge in [0.05, 0.1) is 12.3 Å². The third-order valence-electron chi connectivity index (χ3n) is 3.43. The lowest BCUT2D eigenvalue weighted by Crippen LogP contribution is -2.30. The van der Waals surface area contributed by atoms with Crippen LogP contribution < -0.4 is 16.6 Å². The van der Waals surface area contributed by atoms with Gasteiger partial charge in [0.1, 0.15) is 6.54 Å². The minimum atomic E-state index is -0.388. The molecule has 0 spiro atoms. The predicted molar refractivity (Wildman–Crippen MR) is 88.2 cm³/mol. The molecule has 0 fully saturated rings. The highest BCUT2D eigenvalue weighted by Crippen LogP contribution is 2.19. The second kappa shape index (κ2) is 7.06. The van der Waals surface area contributed by atoms with Gasteiger partial charge in [0.2, 0.25) is 11.9 Å². The Labute approximate surface area is 134 Å². The van der Waals surface area contributed by atoms with E-state index >= 15 is 0 Å². The van der Waals surface area contributed by atoms with Crippen LogP contribution in [-0.2, 0) is 22.7 Å². The average molecular weight is 316 g/mol. The Bertz CT molecular complexity index is 763. The number of aryl methyl sites for hydroxylation is 2. The summed E-state index contributed by atoms with van der Waals surface area (Å²) in [7, 11) is 1.50. The summed E-state index contributed by atoms with van der Waals surface area (Å²) in [5.41, 5.74) is 8.46. The van der Waals surface area contributed by atoms with Gasteiger partial charge in [-0.05, 0) is 25.0 Å². The molecule has 1 amide bonds. The second-order valence-electron chi connectivity index (χ2n) is 5.28. The molecular formula is C16H20N4O3. The molecule has 0 unspecified atom stereocenters. The van der Waals surface area contributed by atoms with E-state index in [-0.39, 0.29) is 30.6 Å². The molecule has 3 N–H and O–H groups in total. The third-order valence-corrected chi connectivity index (χ3v) is 3.43. The fourth-order valence-corrected chi connectivity index (χ4v) is 2.29. The van der Waals surface area contributed by atoms with Gasteiger partial charge in [-0.1, -0.05) is 18.2 Å². The number of nitrogens with one attached hydrogen (secondary N) is 1. The SMILES string of the molecule is COCc1cc(=O)n(CC(=O)Nc2c(C)cccc2C)c(N)n1. The number of nitrogen functional groups attached to an aromatic ring is 1. The van der Waals surface area contributed by atoms with Crippen LogP contribution in [0.1, 0.15) is 16.8 Å². The summed E-state index contributed by atoms with van der Waals surface area (Å²) >= 11 is 0. The van der Waals surface area contributed by atoms with Crippen molar-refractivity contribution in [3.05, 3.63) is 51.4 Å². The first-order valence-corrected chi connectivity index (χ1v) is 7.13. The van der Waals surface area contributed by atoms with Gasteiger partial charge in [-0.15, -0.1) is 0 Å². The topological polar surface area (TPSA) is 99.2 Å². The van der Waals surface area contributed by atoms with E-state index in [0.29, 0.717) is 5.69 Å². The Balaban J connectivity index is 2.19. The third kappa shape index (κ3) is 3.95. The van der Waals surface area contributed by atoms with Gasteiger partial charge in [0.15, 0.2) is 0 Å². The van der Waals surface area contributed by atoms with E-state index in [1.807, 2.05) is 32.0 Å². The zero-order valence-corrected chi connectivity index (χ0v) is 13.4. The maximum Gasteiger partial charge on any atom is 0.255 e. The molecule has 23 heavy (non-hydrogen) atoms. The van der Waals surface area contributed by atoms with Crippen LogP contribution in [-0.4, -0.2) is 22.6 Å². The number of carbonyl (C=O) groups excluding carboxylic acids is 1. The molecule has 1 heterocycles. The average Bonchev–Trinajstić information content (AvgIpc) is 2.47. The molecule has 0 atom stereocenters. The Kier molecular flexibility index (Phi) is 5.13. The van der Waals surface area contributed by atoms with Crippen LogP contribution in [0.15, 0.2) is 29.1 Å². The minimum Gasteiger partial charge on any atom is -0.378 e. The Morgan fingerprint density at radius 1 is 1.35 bits per heavy atom. The van der Waals surface area contributed by atoms with E-state index in [0.717, 1.165) is 21.4 Å². The van der Waals surface area contributed by atoms with Gasteiger partial charge in [0.25, 0.3) is 5.56 Å². The van der Waals surface area contributed by atoms with E-state index in [1.54, 1.807) is 0 Å². The van der Waals surface area contributed by atoms with Crippen molar-refractivity contribution in [3.63, 3.8) is 0 Å². The number of methoxy groups -OCH3 is 1. The lowest BCUT2D eigenvalue weighted by atomic mass is 10.1. The summed E-state index contributed by atoms with van der Waals surface area (Å²) in [6, 6.07) is 7.04. The van der Waals surface area contributed by atoms with E-state index < -0.39 is 0 Å². The zero-order chi connectivity index (χ0) is 17.0. The Morgan fingerprint density at radius 3 is 2.57 bits per heavy atom. The first kappa shape index (κ1) is 16.7. The first-order chi connectivity index (χ1) is 10.9. The van der Waals surface area contributed by atoms with Crippen molar-refractivity contribution in [2.45, 2.75) is 27.0 Å². The largest absolute Gasteiger partial charge is 0.378 e. The first-order valence-electron chi connectivity index (χ1n) is 7.13. The van der Waals surface area contributed by atoms with E-state index in [2.05, 4.69) is 10.3 Å². The smallest absolute Gasteiger partial charge is 0.255 e. The number of para-hydroxylation sites is 1. The van der Waals surface area contributed by atoms with Crippen LogP contribution in [0.25, 0.3) is 0 Å². The van der Waals surface area contributed by atoms with Gasteiger partial charge < -0.3 is 15.8 Å². The lowest BCUT2D eigenvalue weighted by molar-refractivity contribution is -0.116. The van der Waals surface area contributed by atoms with Crippen LogP contribution in [0.4, 0.5) is 11.6 Å². The van der Waals surface area contributed by atoms with Gasteiger partial charge >= 0.3 is 0 Å². The van der Waals surface area contributed by atoms with Gasteiger partial charge in [0, 0.05) is 18.9 Å². The monoisotopic (exact) mass is 316 g/mol. The number of aromatic nitrogens is 2. The number of hydrogen-bond donors (Lipinski definition) is 2. The van der Waals surface area contributed by atoms with Crippen molar-refractivity contribution in [3.8, 4) is 0 Å². The molecule has 1 aromatic carbocycles. The molecule has 0 aliphatic carbocycles. The molecule has 2 rings (SSSR count). The van der Waals surface area contributed by atoms with Crippen molar-refractivity contribution in [2.75, 3.05) is 18.2 Å². The second-order valence-corrected chi connectivity index (χ2v) is 5.28. The van der Waals surface area contributed by atoms with E-state index in [4.69, 9.17) is 10.5 Å². The number of hydrogen-bond acceptors (Lipinski definition) is 5. The van der Waals surface area contributed by atoms with Gasteiger partial charge in [-0.3, -0.25) is 14.2 Å². The van der Waals surface area contributed by atoms with Crippen LogP contribution in [0.3, 0.4) is 0 Å². The molecular weight excluding hydrogens is 296 g/mol. The Morgan fingerprint density at radius 2 is 2.00 bits per heavy atom. The molecule has 7 heteroatoms. The summed E-state index contributed by atoms with van der Waals surface area (Å²) in [4.78, 5) is 28.3. The summed E-state index contributed by atoms with van der Waals surface area (Å²) in [6.07, 6.45) is 0. The summed E-state index contributed by atoms with van der Waals surface area (Å²) in [5.74, 6) is -0.348. The number of nitrogens with zero attached hydrogens (tertiary/aromatic N) is 2. The van der Waals surface area contributed by atoms with Crippen LogP contribution in [0, 0.1) is 13.8 Å². The van der Waals surface area contributed by atoms with Crippen molar-refractivity contribution in [2.24, 2.45) is 0 Å². The molecule has 0 aliphatic rings. The summed E-state index contributed by atoms with van der Waals surface area (Å²) in [6.45, 7) is 3.81. The van der Waals surface area contributed by atoms with Crippen LogP contribution in [0.2, 0.25) is 0 Å². The fraction of sp³-hybridized carbons (Fsp3) is 0.312. The molecule has 0 saturated carbocycles. The number of benzene rings is 1. The number of anilines is 2. The standard InChI is InChI=1S/C16H20N4O3/c1-10-5-4-6-11(2)15(10)19-13(21)8-20-14(22)7-12(9-23-3)18-16(20)17/h4-7H,8-9H2,1-3H3,(H2,17,18)(H,19,21). The molecule has 7 nitrogen and oxygen atoms in total. The van der Waals surface area contributed by atoms with Gasteiger partial charge in [-0.25, -0.2) is 4.98 Å². The quantitative estimate of drug-likeness (QED) is 0.864. The number of carbonyl (C=O) groups is 1. The van der Waals surface area contributed by atoms with Gasteiger partial charge in [-0.2, -0.15) is 0 Å². The highest BCUT2D eigenvalue weighted by atomic mass is 16.5. The maximum absolute atomic E-state index is 12.2. The lowest BCUT2D eigenvalue weighted by Gasteiger charge is -2.13. The highest BCUT2D eigenvalue weighted by molar-refractivity contribution is 5.92. The minimum absolute atomic E-state index is 0.0128. The fourth-order valence-electron chi connectivity index (χ4n) is 2.29. The van der Waals surface area contributed by atoms with Crippen LogP contribution in [0.5, 0.6) is 0 Å². The van der Waals surface area contributed by atoms with E-state index in [1.165, 1.54) is 13.2 Å². The maximum atomic E-state index is 12.2. The summed E-state index contributed by atoms with van der Waals surface area (Å²) < 4.78 is 6.05. The number of rotatable bonds is 5. The number of nitrogens with two attached hydrogens (primary N) is 1. The zero-order valence-electron chi connectivity index (χ0n) is 13.4. The Hall–Kier alpha value is -2.67. The van der Waals surface area contributed by atoms with Crippen LogP contribution >= 0.6 is 0 Å². The number of ether oxygens (including phenoxy) is 1. The van der Waals surface area contributed by atoms with Crippen molar-refractivity contribution < 1.29 is 9.53 Å². The van der Waals surface area contributed by atoms with E-state index in [9.17, 15) is 9.59 Å².